The lowest BCUT2D eigenvalue weighted by molar-refractivity contribution is 0.0982. The zero-order valence-corrected chi connectivity index (χ0v) is 15.0. The lowest BCUT2D eigenvalue weighted by atomic mass is 10.1. The Balaban J connectivity index is 1.60. The van der Waals surface area contributed by atoms with Crippen LogP contribution in [0.2, 0.25) is 0 Å². The summed E-state index contributed by atoms with van der Waals surface area (Å²) in [6.07, 6.45) is 2.37. The molecular weight excluding hydrogens is 362 g/mol. The van der Waals surface area contributed by atoms with Gasteiger partial charge >= 0.3 is 5.91 Å². The summed E-state index contributed by atoms with van der Waals surface area (Å²) in [7, 11) is 0. The number of oxazole rings is 1. The fraction of sp³-hybridized carbons (Fsp3) is 0.105. The van der Waals surface area contributed by atoms with Crippen molar-refractivity contribution in [2.75, 3.05) is 0 Å². The molecule has 3 N–H and O–H groups in total. The first-order chi connectivity index (χ1) is 13.5. The van der Waals surface area contributed by atoms with Crippen molar-refractivity contribution >= 4 is 23.7 Å². The van der Waals surface area contributed by atoms with Gasteiger partial charge in [0, 0.05) is 12.5 Å². The molecule has 0 bridgehead atoms. The SMILES string of the molecule is CC(=O)c1ccc(CN/N=C\C(N)=NC(=O)c2ncoc2-c2ccccc2)o1. The molecule has 28 heavy (non-hydrogen) atoms. The Morgan fingerprint density at radius 2 is 2.00 bits per heavy atom. The molecule has 3 aromatic rings. The van der Waals surface area contributed by atoms with Gasteiger partial charge in [0.2, 0.25) is 0 Å². The molecule has 1 aromatic carbocycles. The standard InChI is InChI=1S/C19H17N5O4/c1-12(25)15-8-7-14(28-15)9-22-23-10-16(20)24-19(26)17-18(27-11-21-17)13-5-3-2-4-6-13/h2-8,10-11,22H,9H2,1H3,(H2,20,24,26)/b23-10-. The maximum atomic E-state index is 12.3. The van der Waals surface area contributed by atoms with Crippen LogP contribution in [0.3, 0.4) is 0 Å². The third-order valence-corrected chi connectivity index (χ3v) is 3.59. The summed E-state index contributed by atoms with van der Waals surface area (Å²) in [5.41, 5.74) is 9.16. The van der Waals surface area contributed by atoms with E-state index in [1.54, 1.807) is 24.3 Å². The molecule has 0 aliphatic rings. The second-order valence-electron chi connectivity index (χ2n) is 5.65. The normalized spacial score (nSPS) is 11.7. The molecule has 0 spiro atoms. The highest BCUT2D eigenvalue weighted by molar-refractivity contribution is 6.31. The topological polar surface area (TPSA) is 136 Å². The number of hydrazone groups is 1. The van der Waals surface area contributed by atoms with E-state index in [0.29, 0.717) is 17.1 Å². The van der Waals surface area contributed by atoms with Gasteiger partial charge in [0.05, 0.1) is 12.8 Å². The first-order valence-electron chi connectivity index (χ1n) is 8.27. The first kappa shape index (κ1) is 18.8. The summed E-state index contributed by atoms with van der Waals surface area (Å²) in [6.45, 7) is 1.66. The van der Waals surface area contributed by atoms with Crippen molar-refractivity contribution in [1.29, 1.82) is 0 Å². The number of benzene rings is 1. The summed E-state index contributed by atoms with van der Waals surface area (Å²) in [5, 5.41) is 3.86. The molecule has 1 amide bonds. The minimum Gasteiger partial charge on any atom is -0.456 e. The lowest BCUT2D eigenvalue weighted by Crippen LogP contribution is -2.18. The maximum Gasteiger partial charge on any atom is 0.301 e. The van der Waals surface area contributed by atoms with Gasteiger partial charge in [0.15, 0.2) is 29.4 Å². The number of aliphatic imine (C=N–C) groups is 1. The van der Waals surface area contributed by atoms with Crippen LogP contribution in [0.15, 0.2) is 67.8 Å². The van der Waals surface area contributed by atoms with Gasteiger partial charge in [-0.2, -0.15) is 10.1 Å². The highest BCUT2D eigenvalue weighted by Gasteiger charge is 2.17. The predicted octanol–water partition coefficient (Wildman–Crippen LogP) is 2.41. The minimum absolute atomic E-state index is 0.0582. The van der Waals surface area contributed by atoms with Gasteiger partial charge in [-0.3, -0.25) is 9.59 Å². The van der Waals surface area contributed by atoms with Gasteiger partial charge in [-0.05, 0) is 12.1 Å². The summed E-state index contributed by atoms with van der Waals surface area (Å²) in [5.74, 6) is 0.207. The van der Waals surface area contributed by atoms with Crippen molar-refractivity contribution < 1.29 is 18.4 Å². The zero-order valence-electron chi connectivity index (χ0n) is 15.0. The maximum absolute atomic E-state index is 12.3. The van der Waals surface area contributed by atoms with E-state index in [9.17, 15) is 9.59 Å². The van der Waals surface area contributed by atoms with Crippen LogP contribution in [0.25, 0.3) is 11.3 Å². The molecule has 0 atom stereocenters. The third-order valence-electron chi connectivity index (χ3n) is 3.59. The Morgan fingerprint density at radius 1 is 1.21 bits per heavy atom. The quantitative estimate of drug-likeness (QED) is 0.278. The highest BCUT2D eigenvalue weighted by Crippen LogP contribution is 2.23. The molecule has 9 nitrogen and oxygen atoms in total. The van der Waals surface area contributed by atoms with Gasteiger partial charge < -0.3 is 20.0 Å². The summed E-state index contributed by atoms with van der Waals surface area (Å²) in [6, 6.07) is 12.3. The summed E-state index contributed by atoms with van der Waals surface area (Å²) < 4.78 is 10.6. The Morgan fingerprint density at radius 3 is 2.71 bits per heavy atom. The fourth-order valence-electron chi connectivity index (χ4n) is 2.29. The van der Waals surface area contributed by atoms with Crippen molar-refractivity contribution in [2.24, 2.45) is 15.8 Å². The van der Waals surface area contributed by atoms with Gasteiger partial charge in [-0.1, -0.05) is 30.3 Å². The van der Waals surface area contributed by atoms with Gasteiger partial charge in [0.25, 0.3) is 0 Å². The number of hydrogen-bond acceptors (Lipinski definition) is 7. The number of rotatable bonds is 7. The minimum atomic E-state index is -0.645. The van der Waals surface area contributed by atoms with Crippen LogP contribution in [0.5, 0.6) is 0 Å². The van der Waals surface area contributed by atoms with Gasteiger partial charge in [0.1, 0.15) is 11.6 Å². The van der Waals surface area contributed by atoms with Gasteiger partial charge in [-0.25, -0.2) is 4.98 Å². The van der Waals surface area contributed by atoms with Crippen LogP contribution in [-0.2, 0) is 6.54 Å². The van der Waals surface area contributed by atoms with Crippen molar-refractivity contribution in [3.8, 4) is 11.3 Å². The number of nitrogens with one attached hydrogen (secondary N) is 1. The smallest absolute Gasteiger partial charge is 0.301 e. The monoisotopic (exact) mass is 379 g/mol. The average Bonchev–Trinajstić information content (AvgIpc) is 3.35. The molecule has 2 aromatic heterocycles. The molecular formula is C19H17N5O4. The number of ketones is 1. The van der Waals surface area contributed by atoms with E-state index in [2.05, 4.69) is 20.5 Å². The van der Waals surface area contributed by atoms with Crippen LogP contribution < -0.4 is 11.2 Å². The average molecular weight is 379 g/mol. The number of carbonyl (C=O) groups is 2. The predicted molar refractivity (Wildman–Crippen MR) is 102 cm³/mol. The van der Waals surface area contributed by atoms with Crippen molar-refractivity contribution in [1.82, 2.24) is 10.4 Å². The van der Waals surface area contributed by atoms with E-state index in [4.69, 9.17) is 14.6 Å². The van der Waals surface area contributed by atoms with E-state index in [0.717, 1.165) is 0 Å². The number of hydrogen-bond donors (Lipinski definition) is 2. The van der Waals surface area contributed by atoms with E-state index < -0.39 is 5.91 Å². The second-order valence-corrected chi connectivity index (χ2v) is 5.65. The number of Topliss-reactive ketones (excluding diaryl/α,β-unsaturated/α-hetero) is 1. The number of carbonyl (C=O) groups excluding carboxylic acids is 2. The molecule has 2 heterocycles. The summed E-state index contributed by atoms with van der Waals surface area (Å²) >= 11 is 0. The fourth-order valence-corrected chi connectivity index (χ4v) is 2.29. The van der Waals surface area contributed by atoms with Gasteiger partial charge in [-0.15, -0.1) is 0 Å². The molecule has 0 unspecified atom stereocenters. The second kappa shape index (κ2) is 8.58. The van der Waals surface area contributed by atoms with Crippen LogP contribution >= 0.6 is 0 Å². The Kier molecular flexibility index (Phi) is 5.75. The van der Waals surface area contributed by atoms with E-state index in [-0.39, 0.29) is 29.6 Å². The molecule has 3 rings (SSSR count). The Labute approximate surface area is 160 Å². The summed E-state index contributed by atoms with van der Waals surface area (Å²) in [4.78, 5) is 31.2. The van der Waals surface area contributed by atoms with E-state index >= 15 is 0 Å². The first-order valence-corrected chi connectivity index (χ1v) is 8.27. The van der Waals surface area contributed by atoms with Crippen LogP contribution in [0, 0.1) is 0 Å². The highest BCUT2D eigenvalue weighted by atomic mass is 16.3. The van der Waals surface area contributed by atoms with Crippen molar-refractivity contribution in [2.45, 2.75) is 13.5 Å². The van der Waals surface area contributed by atoms with Crippen molar-refractivity contribution in [3.05, 3.63) is 66.1 Å². The van der Waals surface area contributed by atoms with Crippen LogP contribution in [0.1, 0.15) is 33.7 Å². The molecule has 0 aliphatic heterocycles. The molecule has 0 saturated carbocycles. The number of furan rings is 1. The number of amides is 1. The molecule has 0 fully saturated rings. The lowest BCUT2D eigenvalue weighted by Gasteiger charge is -1.98. The molecule has 9 heteroatoms. The molecule has 0 saturated heterocycles. The Bertz CT molecular complexity index is 1030. The van der Waals surface area contributed by atoms with Crippen LogP contribution in [0.4, 0.5) is 0 Å². The van der Waals surface area contributed by atoms with Crippen molar-refractivity contribution in [3.63, 3.8) is 0 Å². The Hall–Kier alpha value is -4.01. The molecule has 142 valence electrons. The number of amidine groups is 1. The molecule has 0 radical (unpaired) electrons. The largest absolute Gasteiger partial charge is 0.456 e. The zero-order chi connectivity index (χ0) is 19.9. The third kappa shape index (κ3) is 4.58. The van der Waals surface area contributed by atoms with Crippen LogP contribution in [-0.4, -0.2) is 28.7 Å². The van der Waals surface area contributed by atoms with E-state index in [1.807, 2.05) is 18.2 Å². The molecule has 0 aliphatic carbocycles. The van der Waals surface area contributed by atoms with E-state index in [1.165, 1.54) is 19.5 Å². The number of nitrogens with zero attached hydrogens (tertiary/aromatic N) is 3. The number of aromatic nitrogens is 1. The number of nitrogens with two attached hydrogens (primary N) is 1.